The molecular weight excluding hydrogens is 411 g/mol. The van der Waals surface area contributed by atoms with Crippen LogP contribution in [-0.2, 0) is 16.4 Å². The van der Waals surface area contributed by atoms with Crippen LogP contribution in [0, 0.1) is 26.6 Å². The normalized spacial score (nSPS) is 11.6. The van der Waals surface area contributed by atoms with Crippen molar-refractivity contribution in [1.82, 2.24) is 9.71 Å². The average molecular weight is 435 g/mol. The van der Waals surface area contributed by atoms with Crippen molar-refractivity contribution in [3.63, 3.8) is 0 Å². The van der Waals surface area contributed by atoms with Crippen molar-refractivity contribution >= 4 is 21.4 Å². The highest BCUT2D eigenvalue weighted by molar-refractivity contribution is 7.89. The molecule has 0 fully saturated rings. The zero-order valence-electron chi connectivity index (χ0n) is 16.7. The van der Waals surface area contributed by atoms with Crippen LogP contribution < -0.4 is 9.46 Å². The summed E-state index contributed by atoms with van der Waals surface area (Å²) in [5, 5.41) is 0.718. The largest absolute Gasteiger partial charge is 0.495 e. The number of aryl methyl sites for hydroxylation is 3. The van der Waals surface area contributed by atoms with Gasteiger partial charge in [0.1, 0.15) is 21.5 Å². The van der Waals surface area contributed by atoms with Crippen LogP contribution in [0.5, 0.6) is 5.75 Å². The molecule has 0 spiro atoms. The van der Waals surface area contributed by atoms with Crippen molar-refractivity contribution < 1.29 is 17.5 Å². The molecule has 0 radical (unpaired) electrons. The van der Waals surface area contributed by atoms with E-state index in [2.05, 4.69) is 9.71 Å². The van der Waals surface area contributed by atoms with Crippen LogP contribution in [0.15, 0.2) is 41.3 Å². The Morgan fingerprint density at radius 3 is 2.55 bits per heavy atom. The van der Waals surface area contributed by atoms with Gasteiger partial charge in [-0.15, -0.1) is 11.3 Å². The third kappa shape index (κ3) is 4.83. The highest BCUT2D eigenvalue weighted by Gasteiger charge is 2.20. The maximum Gasteiger partial charge on any atom is 0.244 e. The summed E-state index contributed by atoms with van der Waals surface area (Å²) >= 11 is 1.44. The van der Waals surface area contributed by atoms with Crippen LogP contribution in [0.25, 0.3) is 10.6 Å². The smallest absolute Gasteiger partial charge is 0.244 e. The molecule has 0 unspecified atom stereocenters. The van der Waals surface area contributed by atoms with Gasteiger partial charge in [0.05, 0.1) is 12.8 Å². The number of thiazole rings is 1. The molecule has 2 aromatic carbocycles. The first kappa shape index (κ1) is 21.4. The van der Waals surface area contributed by atoms with Crippen LogP contribution >= 0.6 is 11.3 Å². The number of nitrogens with zero attached hydrogens (tertiary/aromatic N) is 1. The van der Waals surface area contributed by atoms with E-state index in [9.17, 15) is 12.8 Å². The number of benzene rings is 2. The first-order chi connectivity index (χ1) is 13.7. The summed E-state index contributed by atoms with van der Waals surface area (Å²) in [5.74, 6) is 0.00922. The zero-order chi connectivity index (χ0) is 21.2. The standard InChI is InChI=1S/C21H23FN2O3S2/c1-13-10-18(27-4)20(11-14(13)2)29(25,26)23-9-8-19-15(3)24-21(28-19)16-6-5-7-17(22)12-16/h5-7,10-12,23H,8-9H2,1-4H3. The molecule has 0 saturated heterocycles. The second-order valence-corrected chi connectivity index (χ2v) is 9.59. The predicted molar refractivity (Wildman–Crippen MR) is 114 cm³/mol. The topological polar surface area (TPSA) is 68.3 Å². The van der Waals surface area contributed by atoms with E-state index in [1.54, 1.807) is 24.3 Å². The Bertz CT molecular complexity index is 1140. The molecule has 1 heterocycles. The number of sulfonamides is 1. The first-order valence-corrected chi connectivity index (χ1v) is 11.4. The van der Waals surface area contributed by atoms with Crippen LogP contribution in [0.1, 0.15) is 21.7 Å². The lowest BCUT2D eigenvalue weighted by molar-refractivity contribution is 0.402. The van der Waals surface area contributed by atoms with E-state index in [4.69, 9.17) is 4.74 Å². The summed E-state index contributed by atoms with van der Waals surface area (Å²) in [6.45, 7) is 5.87. The fraction of sp³-hybridized carbons (Fsp3) is 0.286. The Kier molecular flexibility index (Phi) is 6.36. The third-order valence-electron chi connectivity index (χ3n) is 4.68. The monoisotopic (exact) mass is 434 g/mol. The van der Waals surface area contributed by atoms with E-state index in [1.165, 1.54) is 30.6 Å². The molecule has 0 saturated carbocycles. The molecule has 0 amide bonds. The molecule has 8 heteroatoms. The summed E-state index contributed by atoms with van der Waals surface area (Å²) in [6.07, 6.45) is 0.491. The third-order valence-corrected chi connectivity index (χ3v) is 7.43. The van der Waals surface area contributed by atoms with E-state index in [0.717, 1.165) is 26.7 Å². The van der Waals surface area contributed by atoms with E-state index >= 15 is 0 Å². The summed E-state index contributed by atoms with van der Waals surface area (Å²) in [6, 6.07) is 9.63. The molecular formula is C21H23FN2O3S2. The van der Waals surface area contributed by atoms with Crippen LogP contribution in [0.3, 0.4) is 0 Å². The predicted octanol–water partition coefficient (Wildman–Crippen LogP) is 4.40. The highest BCUT2D eigenvalue weighted by Crippen LogP contribution is 2.29. The SMILES string of the molecule is COc1cc(C)c(C)cc1S(=O)(=O)NCCc1sc(-c2cccc(F)c2)nc1C. The van der Waals surface area contributed by atoms with Crippen LogP contribution in [0.4, 0.5) is 4.39 Å². The number of aromatic nitrogens is 1. The van der Waals surface area contributed by atoms with Crippen molar-refractivity contribution in [2.24, 2.45) is 0 Å². The van der Waals surface area contributed by atoms with Gasteiger partial charge in [-0.2, -0.15) is 0 Å². The summed E-state index contributed by atoms with van der Waals surface area (Å²) in [5.41, 5.74) is 3.37. The fourth-order valence-corrected chi connectivity index (χ4v) is 5.24. The van der Waals surface area contributed by atoms with Crippen LogP contribution in [-0.4, -0.2) is 27.1 Å². The molecule has 1 aromatic heterocycles. The van der Waals surface area contributed by atoms with Gasteiger partial charge in [-0.3, -0.25) is 0 Å². The molecule has 0 bridgehead atoms. The van der Waals surface area contributed by atoms with Gasteiger partial charge < -0.3 is 4.74 Å². The van der Waals surface area contributed by atoms with Crippen molar-refractivity contribution in [2.45, 2.75) is 32.1 Å². The molecule has 0 aliphatic rings. The quantitative estimate of drug-likeness (QED) is 0.598. The van der Waals surface area contributed by atoms with Gasteiger partial charge in [-0.05, 0) is 62.6 Å². The second kappa shape index (κ2) is 8.61. The number of rotatable bonds is 7. The zero-order valence-corrected chi connectivity index (χ0v) is 18.4. The van der Waals surface area contributed by atoms with Gasteiger partial charge in [-0.25, -0.2) is 22.5 Å². The molecule has 154 valence electrons. The molecule has 29 heavy (non-hydrogen) atoms. The fourth-order valence-electron chi connectivity index (χ4n) is 2.91. The molecule has 0 aliphatic heterocycles. The number of hydrogen-bond donors (Lipinski definition) is 1. The van der Waals surface area contributed by atoms with Crippen molar-refractivity contribution in [3.05, 3.63) is 63.9 Å². The molecule has 0 aliphatic carbocycles. The average Bonchev–Trinajstić information content (AvgIpc) is 3.04. The van der Waals surface area contributed by atoms with Gasteiger partial charge >= 0.3 is 0 Å². The Hall–Kier alpha value is -2.29. The number of hydrogen-bond acceptors (Lipinski definition) is 5. The minimum atomic E-state index is -3.72. The first-order valence-electron chi connectivity index (χ1n) is 9.08. The van der Waals surface area contributed by atoms with E-state index in [0.29, 0.717) is 17.7 Å². The van der Waals surface area contributed by atoms with Gasteiger partial charge in [0.15, 0.2) is 0 Å². The second-order valence-electron chi connectivity index (χ2n) is 6.77. The molecule has 0 atom stereocenters. The van der Waals surface area contributed by atoms with Gasteiger partial charge in [0.2, 0.25) is 10.0 Å². The minimum absolute atomic E-state index is 0.129. The summed E-state index contributed by atoms with van der Waals surface area (Å²) in [7, 11) is -2.26. The van der Waals surface area contributed by atoms with Crippen molar-refractivity contribution in [3.8, 4) is 16.3 Å². The van der Waals surface area contributed by atoms with E-state index in [1.807, 2.05) is 20.8 Å². The number of methoxy groups -OCH3 is 1. The van der Waals surface area contributed by atoms with Gasteiger partial charge in [0.25, 0.3) is 0 Å². The summed E-state index contributed by atoms with van der Waals surface area (Å²) in [4.78, 5) is 5.59. The minimum Gasteiger partial charge on any atom is -0.495 e. The van der Waals surface area contributed by atoms with Gasteiger partial charge in [0, 0.05) is 17.0 Å². The van der Waals surface area contributed by atoms with Crippen LogP contribution in [0.2, 0.25) is 0 Å². The lowest BCUT2D eigenvalue weighted by Gasteiger charge is -2.13. The Morgan fingerprint density at radius 1 is 1.14 bits per heavy atom. The Labute approximate surface area is 174 Å². The molecule has 3 aromatic rings. The lowest BCUT2D eigenvalue weighted by atomic mass is 10.1. The number of ether oxygens (including phenoxy) is 1. The van der Waals surface area contributed by atoms with E-state index in [-0.39, 0.29) is 17.3 Å². The molecule has 5 nitrogen and oxygen atoms in total. The molecule has 1 N–H and O–H groups in total. The Balaban J connectivity index is 1.74. The van der Waals surface area contributed by atoms with E-state index < -0.39 is 10.0 Å². The lowest BCUT2D eigenvalue weighted by Crippen LogP contribution is -2.26. The summed E-state index contributed by atoms with van der Waals surface area (Å²) < 4.78 is 46.9. The Morgan fingerprint density at radius 2 is 1.86 bits per heavy atom. The van der Waals surface area contributed by atoms with Crippen molar-refractivity contribution in [2.75, 3.05) is 13.7 Å². The number of nitrogens with one attached hydrogen (secondary N) is 1. The van der Waals surface area contributed by atoms with Crippen molar-refractivity contribution in [1.29, 1.82) is 0 Å². The highest BCUT2D eigenvalue weighted by atomic mass is 32.2. The number of halogens is 1. The maximum absolute atomic E-state index is 13.5. The van der Waals surface area contributed by atoms with Gasteiger partial charge in [-0.1, -0.05) is 12.1 Å². The molecule has 3 rings (SSSR count). The maximum atomic E-state index is 13.5.